The average molecular weight is 431 g/mol. The fourth-order valence-corrected chi connectivity index (χ4v) is 5.41. The van der Waals surface area contributed by atoms with Gasteiger partial charge in [0.05, 0.1) is 31.1 Å². The Bertz CT molecular complexity index is 982. The second-order valence-corrected chi connectivity index (χ2v) is 10.2. The maximum atomic E-state index is 13.0. The lowest BCUT2D eigenvalue weighted by atomic mass is 9.98. The van der Waals surface area contributed by atoms with Crippen LogP contribution in [0.3, 0.4) is 0 Å². The third kappa shape index (κ3) is 4.74. The average Bonchev–Trinajstić information content (AvgIpc) is 2.75. The van der Waals surface area contributed by atoms with Gasteiger partial charge in [-0.15, -0.1) is 0 Å². The lowest BCUT2D eigenvalue weighted by Gasteiger charge is -2.34. The van der Waals surface area contributed by atoms with Crippen molar-refractivity contribution in [2.45, 2.75) is 44.6 Å². The number of hydrogen-bond donors (Lipinski definition) is 2. The number of amides is 1. The summed E-state index contributed by atoms with van der Waals surface area (Å²) in [6.07, 6.45) is 0. The SMILES string of the molecule is Cc1cccc(C(C)C)c1NC(=O)[C@@H](C)[NH+]1CCN(S(=O)(=O)c2ccccc2)CC1. The van der Waals surface area contributed by atoms with Gasteiger partial charge in [0.25, 0.3) is 5.91 Å². The lowest BCUT2D eigenvalue weighted by Crippen LogP contribution is -3.19. The number of nitrogens with zero attached hydrogens (tertiary/aromatic N) is 1. The number of nitrogens with one attached hydrogen (secondary N) is 2. The van der Waals surface area contributed by atoms with Crippen LogP contribution in [0.2, 0.25) is 0 Å². The number of carbonyl (C=O) groups excluding carboxylic acids is 1. The van der Waals surface area contributed by atoms with E-state index < -0.39 is 10.0 Å². The highest BCUT2D eigenvalue weighted by molar-refractivity contribution is 7.89. The van der Waals surface area contributed by atoms with Crippen molar-refractivity contribution in [1.29, 1.82) is 0 Å². The van der Waals surface area contributed by atoms with Crippen LogP contribution in [0, 0.1) is 6.92 Å². The lowest BCUT2D eigenvalue weighted by molar-refractivity contribution is -0.917. The van der Waals surface area contributed by atoms with E-state index in [0.29, 0.717) is 37.0 Å². The van der Waals surface area contributed by atoms with Gasteiger partial charge in [-0.05, 0) is 43.0 Å². The molecule has 0 radical (unpaired) electrons. The van der Waals surface area contributed by atoms with E-state index in [-0.39, 0.29) is 11.9 Å². The molecule has 6 nitrogen and oxygen atoms in total. The van der Waals surface area contributed by atoms with Crippen molar-refractivity contribution in [2.75, 3.05) is 31.5 Å². The number of quaternary nitrogens is 1. The quantitative estimate of drug-likeness (QED) is 0.737. The summed E-state index contributed by atoms with van der Waals surface area (Å²) in [7, 11) is -3.48. The van der Waals surface area contributed by atoms with E-state index in [9.17, 15) is 13.2 Å². The number of sulfonamides is 1. The van der Waals surface area contributed by atoms with Crippen molar-refractivity contribution < 1.29 is 18.1 Å². The van der Waals surface area contributed by atoms with Crippen molar-refractivity contribution in [2.24, 2.45) is 0 Å². The Balaban J connectivity index is 1.65. The fraction of sp³-hybridized carbons (Fsp3) is 0.435. The molecule has 30 heavy (non-hydrogen) atoms. The molecule has 1 heterocycles. The van der Waals surface area contributed by atoms with E-state index in [1.165, 1.54) is 4.31 Å². The number of benzene rings is 2. The van der Waals surface area contributed by atoms with Gasteiger partial charge in [0, 0.05) is 5.69 Å². The Kier molecular flexibility index (Phi) is 6.95. The van der Waals surface area contributed by atoms with Crippen LogP contribution in [0.5, 0.6) is 0 Å². The Morgan fingerprint density at radius 3 is 2.23 bits per heavy atom. The van der Waals surface area contributed by atoms with Gasteiger partial charge >= 0.3 is 0 Å². The van der Waals surface area contributed by atoms with Crippen LogP contribution in [0.25, 0.3) is 0 Å². The Morgan fingerprint density at radius 2 is 1.63 bits per heavy atom. The van der Waals surface area contributed by atoms with Gasteiger partial charge in [-0.3, -0.25) is 4.79 Å². The molecule has 1 saturated heterocycles. The number of rotatable bonds is 6. The molecular weight excluding hydrogens is 398 g/mol. The molecule has 0 aromatic heterocycles. The maximum Gasteiger partial charge on any atom is 0.282 e. The summed E-state index contributed by atoms with van der Waals surface area (Å²) in [6.45, 7) is 10.2. The molecule has 1 fully saturated rings. The van der Waals surface area contributed by atoms with Crippen molar-refractivity contribution in [3.05, 3.63) is 59.7 Å². The second-order valence-electron chi connectivity index (χ2n) is 8.28. The smallest absolute Gasteiger partial charge is 0.282 e. The van der Waals surface area contributed by atoms with Gasteiger partial charge in [-0.25, -0.2) is 8.42 Å². The summed E-state index contributed by atoms with van der Waals surface area (Å²) in [5, 5.41) is 3.13. The second kappa shape index (κ2) is 9.29. The first-order chi connectivity index (χ1) is 14.2. The van der Waals surface area contributed by atoms with Crippen LogP contribution in [0.4, 0.5) is 5.69 Å². The number of hydrogen-bond acceptors (Lipinski definition) is 3. The molecule has 0 saturated carbocycles. The summed E-state index contributed by atoms with van der Waals surface area (Å²) in [5.74, 6) is 0.287. The van der Waals surface area contributed by atoms with Gasteiger partial charge in [-0.2, -0.15) is 4.31 Å². The zero-order valence-electron chi connectivity index (χ0n) is 18.2. The van der Waals surface area contributed by atoms with E-state index in [4.69, 9.17) is 0 Å². The summed E-state index contributed by atoms with van der Waals surface area (Å²) < 4.78 is 27.2. The molecule has 1 aliphatic heterocycles. The monoisotopic (exact) mass is 430 g/mol. The Morgan fingerprint density at radius 1 is 1.00 bits per heavy atom. The highest BCUT2D eigenvalue weighted by Gasteiger charge is 2.34. The molecule has 2 aromatic rings. The zero-order valence-corrected chi connectivity index (χ0v) is 19.0. The van der Waals surface area contributed by atoms with Gasteiger partial charge in [-0.1, -0.05) is 50.2 Å². The van der Waals surface area contributed by atoms with Gasteiger partial charge < -0.3 is 10.2 Å². The Hall–Kier alpha value is -2.22. The van der Waals surface area contributed by atoms with E-state index >= 15 is 0 Å². The van der Waals surface area contributed by atoms with Crippen LogP contribution in [-0.4, -0.2) is 50.9 Å². The fourth-order valence-electron chi connectivity index (χ4n) is 3.95. The number of aryl methyl sites for hydroxylation is 1. The van der Waals surface area contributed by atoms with Crippen LogP contribution in [-0.2, 0) is 14.8 Å². The number of anilines is 1. The van der Waals surface area contributed by atoms with Crippen LogP contribution in [0.1, 0.15) is 37.8 Å². The number of piperazine rings is 1. The highest BCUT2D eigenvalue weighted by Crippen LogP contribution is 2.27. The zero-order chi connectivity index (χ0) is 21.9. The van der Waals surface area contributed by atoms with E-state index in [1.807, 2.05) is 26.0 Å². The number of carbonyl (C=O) groups is 1. The Labute approximate surface area is 179 Å². The van der Waals surface area contributed by atoms with Crippen molar-refractivity contribution in [1.82, 2.24) is 4.31 Å². The van der Waals surface area contributed by atoms with Gasteiger partial charge in [0.15, 0.2) is 6.04 Å². The van der Waals surface area contributed by atoms with Gasteiger partial charge in [0.2, 0.25) is 10.0 Å². The first-order valence-corrected chi connectivity index (χ1v) is 12.0. The number of para-hydroxylation sites is 1. The highest BCUT2D eigenvalue weighted by atomic mass is 32.2. The molecule has 162 valence electrons. The van der Waals surface area contributed by atoms with E-state index in [1.54, 1.807) is 30.3 Å². The predicted molar refractivity (Wildman–Crippen MR) is 119 cm³/mol. The molecule has 0 aliphatic carbocycles. The molecule has 7 heteroatoms. The third-order valence-electron chi connectivity index (χ3n) is 5.93. The third-order valence-corrected chi connectivity index (χ3v) is 7.84. The topological polar surface area (TPSA) is 70.9 Å². The molecule has 1 atom stereocenters. The summed E-state index contributed by atoms with van der Waals surface area (Å²) >= 11 is 0. The summed E-state index contributed by atoms with van der Waals surface area (Å²) in [6, 6.07) is 14.3. The largest absolute Gasteiger partial charge is 0.323 e. The van der Waals surface area contributed by atoms with Crippen molar-refractivity contribution in [3.8, 4) is 0 Å². The van der Waals surface area contributed by atoms with Crippen LogP contribution >= 0.6 is 0 Å². The van der Waals surface area contributed by atoms with Crippen molar-refractivity contribution >= 4 is 21.6 Å². The van der Waals surface area contributed by atoms with Crippen molar-refractivity contribution in [3.63, 3.8) is 0 Å². The van der Waals surface area contributed by atoms with Crippen LogP contribution < -0.4 is 10.2 Å². The normalized spacial score (nSPS) is 17.1. The minimum absolute atomic E-state index is 0.0273. The minimum Gasteiger partial charge on any atom is -0.323 e. The summed E-state index contributed by atoms with van der Waals surface area (Å²) in [5.41, 5.74) is 3.08. The molecular formula is C23H32N3O3S+. The molecule has 3 rings (SSSR count). The molecule has 2 N–H and O–H groups in total. The summed E-state index contributed by atoms with van der Waals surface area (Å²) in [4.78, 5) is 14.4. The molecule has 0 spiro atoms. The van der Waals surface area contributed by atoms with Crippen LogP contribution in [0.15, 0.2) is 53.4 Å². The van der Waals surface area contributed by atoms with E-state index in [0.717, 1.165) is 21.7 Å². The standard InChI is InChI=1S/C23H31N3O3S/c1-17(2)21-12-8-9-18(3)22(21)24-23(27)19(4)25-13-15-26(16-14-25)30(28,29)20-10-6-5-7-11-20/h5-12,17,19H,13-16H2,1-4H3,(H,24,27)/p+1/t19-/m1/s1. The maximum absolute atomic E-state index is 13.0. The predicted octanol–water partition coefficient (Wildman–Crippen LogP) is 2.03. The first kappa shape index (κ1) is 22.5. The molecule has 1 aliphatic rings. The molecule has 1 amide bonds. The van der Waals surface area contributed by atoms with E-state index in [2.05, 4.69) is 25.2 Å². The molecule has 2 aromatic carbocycles. The molecule has 0 unspecified atom stereocenters. The van der Waals surface area contributed by atoms with Gasteiger partial charge in [0.1, 0.15) is 0 Å². The first-order valence-electron chi connectivity index (χ1n) is 10.5. The molecule has 0 bridgehead atoms. The minimum atomic E-state index is -3.48.